The van der Waals surface area contributed by atoms with Gasteiger partial charge < -0.3 is 9.64 Å². The number of nitrogens with zero attached hydrogens (tertiary/aromatic N) is 1. The van der Waals surface area contributed by atoms with Gasteiger partial charge in [0.15, 0.2) is 0 Å². The van der Waals surface area contributed by atoms with E-state index in [1.54, 1.807) is 0 Å². The van der Waals surface area contributed by atoms with Crippen LogP contribution in [-0.2, 0) is 4.74 Å². The second-order valence-electron chi connectivity index (χ2n) is 3.46. The topological polar surface area (TPSA) is 12.5 Å². The Kier molecular flexibility index (Phi) is 5.51. The predicted molar refractivity (Wildman–Crippen MR) is 53.5 cm³/mol. The van der Waals surface area contributed by atoms with Crippen LogP contribution >= 0.6 is 0 Å². The van der Waals surface area contributed by atoms with Crippen LogP contribution in [0.5, 0.6) is 0 Å². The number of likely N-dealkylation sites (tertiary alicyclic amines) is 1. The highest BCUT2D eigenvalue weighted by Crippen LogP contribution is 2.23. The molecule has 0 aromatic carbocycles. The molecule has 0 aromatic heterocycles. The van der Waals surface area contributed by atoms with Crippen LogP contribution in [0.1, 0.15) is 33.6 Å². The van der Waals surface area contributed by atoms with Crippen molar-refractivity contribution < 1.29 is 4.74 Å². The van der Waals surface area contributed by atoms with Crippen LogP contribution in [-0.4, -0.2) is 37.7 Å². The fraction of sp³-hybridized carbons (Fsp3) is 1.00. The first kappa shape index (κ1) is 11.9. The molecule has 1 rings (SSSR count). The first-order valence-electron chi connectivity index (χ1n) is 4.90. The molecule has 2 heteroatoms. The van der Waals surface area contributed by atoms with E-state index in [0.29, 0.717) is 0 Å². The minimum atomic E-state index is 0.159. The zero-order valence-corrected chi connectivity index (χ0v) is 9.18. The third-order valence-electron chi connectivity index (χ3n) is 2.54. The smallest absolute Gasteiger partial charge is 0.0675 e. The lowest BCUT2D eigenvalue weighted by atomic mass is 9.94. The van der Waals surface area contributed by atoms with Crippen LogP contribution < -0.4 is 0 Å². The van der Waals surface area contributed by atoms with E-state index >= 15 is 0 Å². The number of hydrogen-bond donors (Lipinski definition) is 0. The van der Waals surface area contributed by atoms with Gasteiger partial charge in [0.05, 0.1) is 5.60 Å². The molecule has 1 fully saturated rings. The molecule has 1 saturated heterocycles. The van der Waals surface area contributed by atoms with E-state index in [1.807, 2.05) is 21.0 Å². The average molecular weight is 173 g/mol. The molecule has 0 aromatic rings. The van der Waals surface area contributed by atoms with Crippen molar-refractivity contribution in [2.75, 3.05) is 27.2 Å². The summed E-state index contributed by atoms with van der Waals surface area (Å²) >= 11 is 0. The standard InChI is InChI=1S/C8H17NO.C2H6/c1-8(10-3)4-6-9(2)7-5-8;1-2/h4-7H2,1-3H3;1-2H3. The van der Waals surface area contributed by atoms with Crippen molar-refractivity contribution in [3.63, 3.8) is 0 Å². The van der Waals surface area contributed by atoms with Crippen molar-refractivity contribution in [1.29, 1.82) is 0 Å². The molecular formula is C10H23NO. The molecule has 1 heterocycles. The normalized spacial score (nSPS) is 22.8. The highest BCUT2D eigenvalue weighted by atomic mass is 16.5. The van der Waals surface area contributed by atoms with Gasteiger partial charge in [-0.15, -0.1) is 0 Å². The Morgan fingerprint density at radius 1 is 1.17 bits per heavy atom. The Balaban J connectivity index is 0.000000561. The minimum Gasteiger partial charge on any atom is -0.378 e. The van der Waals surface area contributed by atoms with Gasteiger partial charge in [0.25, 0.3) is 0 Å². The summed E-state index contributed by atoms with van der Waals surface area (Å²) in [7, 11) is 3.97. The van der Waals surface area contributed by atoms with E-state index in [2.05, 4.69) is 18.9 Å². The lowest BCUT2D eigenvalue weighted by Gasteiger charge is -2.36. The van der Waals surface area contributed by atoms with Crippen molar-refractivity contribution >= 4 is 0 Å². The molecule has 0 unspecified atom stereocenters. The van der Waals surface area contributed by atoms with Crippen molar-refractivity contribution in [2.45, 2.75) is 39.2 Å². The van der Waals surface area contributed by atoms with E-state index in [0.717, 1.165) is 0 Å². The van der Waals surface area contributed by atoms with Crippen molar-refractivity contribution in [2.24, 2.45) is 0 Å². The summed E-state index contributed by atoms with van der Waals surface area (Å²) in [5.74, 6) is 0. The SMILES string of the molecule is CC.COC1(C)CCN(C)CC1. The van der Waals surface area contributed by atoms with Crippen LogP contribution in [0.4, 0.5) is 0 Å². The molecule has 12 heavy (non-hydrogen) atoms. The van der Waals surface area contributed by atoms with Gasteiger partial charge in [0.1, 0.15) is 0 Å². The van der Waals surface area contributed by atoms with Gasteiger partial charge in [-0.2, -0.15) is 0 Å². The summed E-state index contributed by atoms with van der Waals surface area (Å²) in [5.41, 5.74) is 0.159. The molecule has 0 bridgehead atoms. The fourth-order valence-electron chi connectivity index (χ4n) is 1.30. The second-order valence-corrected chi connectivity index (χ2v) is 3.46. The molecule has 0 atom stereocenters. The maximum absolute atomic E-state index is 5.40. The fourth-order valence-corrected chi connectivity index (χ4v) is 1.30. The van der Waals surface area contributed by atoms with Crippen LogP contribution in [0.3, 0.4) is 0 Å². The minimum absolute atomic E-state index is 0.159. The average Bonchev–Trinajstić information content (AvgIpc) is 2.14. The van der Waals surface area contributed by atoms with Gasteiger partial charge in [-0.1, -0.05) is 13.8 Å². The molecule has 0 saturated carbocycles. The van der Waals surface area contributed by atoms with E-state index < -0.39 is 0 Å². The maximum Gasteiger partial charge on any atom is 0.0675 e. The van der Waals surface area contributed by atoms with Crippen LogP contribution in [0, 0.1) is 0 Å². The Morgan fingerprint density at radius 3 is 1.92 bits per heavy atom. The van der Waals surface area contributed by atoms with Gasteiger partial charge in [0.2, 0.25) is 0 Å². The van der Waals surface area contributed by atoms with Gasteiger partial charge in [0, 0.05) is 20.2 Å². The number of ether oxygens (including phenoxy) is 1. The lowest BCUT2D eigenvalue weighted by Crippen LogP contribution is -2.41. The Hall–Kier alpha value is -0.0800. The molecule has 0 aliphatic carbocycles. The van der Waals surface area contributed by atoms with Crippen molar-refractivity contribution in [1.82, 2.24) is 4.90 Å². The third-order valence-corrected chi connectivity index (χ3v) is 2.54. The zero-order chi connectivity index (χ0) is 9.61. The molecule has 0 spiro atoms. The van der Waals surface area contributed by atoms with Gasteiger partial charge in [-0.05, 0) is 26.8 Å². The van der Waals surface area contributed by atoms with Gasteiger partial charge >= 0.3 is 0 Å². The number of methoxy groups -OCH3 is 1. The Morgan fingerprint density at radius 2 is 1.58 bits per heavy atom. The van der Waals surface area contributed by atoms with Gasteiger partial charge in [-0.3, -0.25) is 0 Å². The quantitative estimate of drug-likeness (QED) is 0.602. The summed E-state index contributed by atoms with van der Waals surface area (Å²) in [6, 6.07) is 0. The third kappa shape index (κ3) is 3.55. The summed E-state index contributed by atoms with van der Waals surface area (Å²) in [6.45, 7) is 8.54. The molecule has 1 aliphatic heterocycles. The predicted octanol–water partition coefficient (Wildman–Crippen LogP) is 2.14. The molecule has 0 N–H and O–H groups in total. The number of hydrogen-bond acceptors (Lipinski definition) is 2. The van der Waals surface area contributed by atoms with Crippen molar-refractivity contribution in [3.05, 3.63) is 0 Å². The van der Waals surface area contributed by atoms with Crippen LogP contribution in [0.25, 0.3) is 0 Å². The van der Waals surface area contributed by atoms with E-state index in [1.165, 1.54) is 25.9 Å². The summed E-state index contributed by atoms with van der Waals surface area (Å²) in [4.78, 5) is 2.35. The molecule has 74 valence electrons. The summed E-state index contributed by atoms with van der Waals surface area (Å²) < 4.78 is 5.40. The highest BCUT2D eigenvalue weighted by molar-refractivity contribution is 4.81. The molecule has 2 nitrogen and oxygen atoms in total. The van der Waals surface area contributed by atoms with E-state index in [-0.39, 0.29) is 5.60 Å². The number of piperidine rings is 1. The van der Waals surface area contributed by atoms with Crippen LogP contribution in [0.2, 0.25) is 0 Å². The Bertz CT molecular complexity index is 106. The van der Waals surface area contributed by atoms with Crippen LogP contribution in [0.15, 0.2) is 0 Å². The van der Waals surface area contributed by atoms with Gasteiger partial charge in [-0.25, -0.2) is 0 Å². The zero-order valence-electron chi connectivity index (χ0n) is 9.18. The molecule has 0 amide bonds. The first-order chi connectivity index (χ1) is 5.66. The lowest BCUT2D eigenvalue weighted by molar-refractivity contribution is -0.0382. The van der Waals surface area contributed by atoms with Crippen molar-refractivity contribution in [3.8, 4) is 0 Å². The second kappa shape index (κ2) is 5.55. The summed E-state index contributed by atoms with van der Waals surface area (Å²) in [5, 5.41) is 0. The molecule has 1 aliphatic rings. The highest BCUT2D eigenvalue weighted by Gasteiger charge is 2.27. The maximum atomic E-state index is 5.40. The molecular weight excluding hydrogens is 150 g/mol. The van der Waals surface area contributed by atoms with E-state index in [4.69, 9.17) is 4.74 Å². The largest absolute Gasteiger partial charge is 0.378 e. The van der Waals surface area contributed by atoms with E-state index in [9.17, 15) is 0 Å². The molecule has 0 radical (unpaired) electrons. The first-order valence-corrected chi connectivity index (χ1v) is 4.90. The summed E-state index contributed by atoms with van der Waals surface area (Å²) in [6.07, 6.45) is 2.33. The number of rotatable bonds is 1. The monoisotopic (exact) mass is 173 g/mol. The Labute approximate surface area is 76.9 Å².